The minimum atomic E-state index is -4.54. The lowest BCUT2D eigenvalue weighted by Gasteiger charge is -2.31. The van der Waals surface area contributed by atoms with E-state index in [1.165, 1.54) is 24.5 Å². The Morgan fingerprint density at radius 1 is 1.14 bits per heavy atom. The molecule has 0 aliphatic carbocycles. The van der Waals surface area contributed by atoms with E-state index >= 15 is 0 Å². The molecule has 1 aliphatic rings. The zero-order chi connectivity index (χ0) is 20.1. The third-order valence-electron chi connectivity index (χ3n) is 4.35. The molecule has 0 atom stereocenters. The molecule has 0 saturated carbocycles. The Morgan fingerprint density at radius 2 is 1.89 bits per heavy atom. The first-order valence-corrected chi connectivity index (χ1v) is 8.81. The number of nitrogens with one attached hydrogen (secondary N) is 1. The summed E-state index contributed by atoms with van der Waals surface area (Å²) in [5.41, 5.74) is -0.315. The lowest BCUT2D eigenvalue weighted by molar-refractivity contribution is -0.137. The Hall–Kier alpha value is -2.97. The van der Waals surface area contributed by atoms with Crippen LogP contribution in [0.1, 0.15) is 35.4 Å². The van der Waals surface area contributed by atoms with Crippen molar-refractivity contribution in [2.45, 2.75) is 25.4 Å². The average molecular weight is 396 g/mol. The molecular weight excluding hydrogens is 377 g/mol. The van der Waals surface area contributed by atoms with Crippen molar-refractivity contribution in [2.75, 3.05) is 29.9 Å². The monoisotopic (exact) mass is 396 g/mol. The lowest BCUT2D eigenvalue weighted by atomic mass is 10.1. The summed E-state index contributed by atoms with van der Waals surface area (Å²) in [5.74, 6) is -1.64. The summed E-state index contributed by atoms with van der Waals surface area (Å²) in [5, 5.41) is 2.43. The molecule has 1 saturated heterocycles. The maximum absolute atomic E-state index is 13.1. The van der Waals surface area contributed by atoms with Crippen molar-refractivity contribution in [1.82, 2.24) is 0 Å². The Bertz CT molecular complexity index is 828. The molecule has 6 nitrogen and oxygen atoms in total. The lowest BCUT2D eigenvalue weighted by Crippen LogP contribution is -2.31. The normalized spacial score (nSPS) is 14.6. The molecule has 1 N–H and O–H groups in total. The van der Waals surface area contributed by atoms with Gasteiger partial charge in [-0.15, -0.1) is 0 Å². The van der Waals surface area contributed by atoms with Crippen LogP contribution in [-0.4, -0.2) is 31.6 Å². The van der Waals surface area contributed by atoms with Gasteiger partial charge in [-0.05, 0) is 49.6 Å². The number of nitrogens with zero attached hydrogens (tertiary/aromatic N) is 1. The summed E-state index contributed by atoms with van der Waals surface area (Å²) >= 11 is 0. The number of esters is 1. The molecule has 1 aromatic heterocycles. The summed E-state index contributed by atoms with van der Waals surface area (Å²) in [6, 6.07) is 6.12. The van der Waals surface area contributed by atoms with Crippen LogP contribution in [0.4, 0.5) is 24.5 Å². The minimum Gasteiger partial charge on any atom is -0.457 e. The van der Waals surface area contributed by atoms with Gasteiger partial charge in [-0.25, -0.2) is 4.79 Å². The second-order valence-corrected chi connectivity index (χ2v) is 6.38. The maximum Gasteiger partial charge on any atom is 0.416 e. The minimum absolute atomic E-state index is 0.0378. The van der Waals surface area contributed by atoms with Gasteiger partial charge in [-0.1, -0.05) is 0 Å². The van der Waals surface area contributed by atoms with Crippen LogP contribution in [-0.2, 0) is 15.7 Å². The van der Waals surface area contributed by atoms with E-state index in [1.807, 2.05) is 4.90 Å². The first-order chi connectivity index (χ1) is 13.3. The number of hydrogen-bond acceptors (Lipinski definition) is 5. The summed E-state index contributed by atoms with van der Waals surface area (Å²) in [6.07, 6.45) is -0.345. The van der Waals surface area contributed by atoms with Crippen molar-refractivity contribution in [3.8, 4) is 0 Å². The molecular formula is C19H19F3N2O4. The number of alkyl halides is 3. The van der Waals surface area contributed by atoms with E-state index in [9.17, 15) is 22.8 Å². The summed E-state index contributed by atoms with van der Waals surface area (Å²) in [4.78, 5) is 25.8. The van der Waals surface area contributed by atoms with Crippen LogP contribution in [0.5, 0.6) is 0 Å². The van der Waals surface area contributed by atoms with E-state index in [1.54, 1.807) is 0 Å². The summed E-state index contributed by atoms with van der Waals surface area (Å²) < 4.78 is 48.9. The molecule has 9 heteroatoms. The van der Waals surface area contributed by atoms with Gasteiger partial charge >= 0.3 is 12.1 Å². The number of piperidine rings is 1. The van der Waals surface area contributed by atoms with Gasteiger partial charge in [0.05, 0.1) is 23.2 Å². The number of halogens is 3. The van der Waals surface area contributed by atoms with Crippen LogP contribution in [0.2, 0.25) is 0 Å². The fourth-order valence-corrected chi connectivity index (χ4v) is 3.01. The largest absolute Gasteiger partial charge is 0.457 e. The number of carbonyl (C=O) groups is 2. The molecule has 0 radical (unpaired) electrons. The van der Waals surface area contributed by atoms with Gasteiger partial charge in [0, 0.05) is 13.1 Å². The van der Waals surface area contributed by atoms with E-state index in [2.05, 4.69) is 5.32 Å². The van der Waals surface area contributed by atoms with E-state index in [-0.39, 0.29) is 11.4 Å². The Balaban J connectivity index is 1.73. The number of furan rings is 1. The van der Waals surface area contributed by atoms with Gasteiger partial charge in [-0.2, -0.15) is 13.2 Å². The number of anilines is 2. The fraction of sp³-hybridized carbons (Fsp3) is 0.368. The highest BCUT2D eigenvalue weighted by atomic mass is 19.4. The zero-order valence-corrected chi connectivity index (χ0v) is 14.9. The quantitative estimate of drug-likeness (QED) is 0.771. The van der Waals surface area contributed by atoms with Crippen LogP contribution >= 0.6 is 0 Å². The van der Waals surface area contributed by atoms with Crippen LogP contribution < -0.4 is 10.2 Å². The molecule has 3 rings (SSSR count). The average Bonchev–Trinajstić information content (AvgIpc) is 3.21. The predicted molar refractivity (Wildman–Crippen MR) is 95.1 cm³/mol. The molecule has 28 heavy (non-hydrogen) atoms. The molecule has 150 valence electrons. The molecule has 1 aromatic carbocycles. The fourth-order valence-electron chi connectivity index (χ4n) is 3.01. The number of amides is 1. The number of carbonyl (C=O) groups excluding carboxylic acids is 2. The van der Waals surface area contributed by atoms with E-state index in [0.717, 1.165) is 31.4 Å². The highest BCUT2D eigenvalue weighted by Gasteiger charge is 2.32. The van der Waals surface area contributed by atoms with Crippen molar-refractivity contribution < 1.29 is 31.9 Å². The number of ether oxygens (including phenoxy) is 1. The third-order valence-corrected chi connectivity index (χ3v) is 4.35. The van der Waals surface area contributed by atoms with Gasteiger partial charge in [0.2, 0.25) is 5.76 Å². The summed E-state index contributed by atoms with van der Waals surface area (Å²) in [6.45, 7) is 0.749. The topological polar surface area (TPSA) is 71.8 Å². The molecule has 1 fully saturated rings. The SMILES string of the molecule is O=C(COC(=O)c1ccco1)Nc1cc(C(F)(F)F)ccc1N1CCCCC1. The highest BCUT2D eigenvalue weighted by Crippen LogP contribution is 2.36. The van der Waals surface area contributed by atoms with Crippen molar-refractivity contribution in [2.24, 2.45) is 0 Å². The van der Waals surface area contributed by atoms with Gasteiger partial charge in [0.1, 0.15) is 0 Å². The smallest absolute Gasteiger partial charge is 0.416 e. The number of hydrogen-bond donors (Lipinski definition) is 1. The third kappa shape index (κ3) is 4.85. The Morgan fingerprint density at radius 3 is 2.54 bits per heavy atom. The van der Waals surface area contributed by atoms with Crippen molar-refractivity contribution in [3.05, 3.63) is 47.9 Å². The zero-order valence-electron chi connectivity index (χ0n) is 14.9. The molecule has 0 bridgehead atoms. The van der Waals surface area contributed by atoms with Crippen LogP contribution in [0.25, 0.3) is 0 Å². The standard InChI is InChI=1S/C19H19F3N2O4/c20-19(21,22)13-6-7-15(24-8-2-1-3-9-24)14(11-13)23-17(25)12-28-18(26)16-5-4-10-27-16/h4-7,10-11H,1-3,8-9,12H2,(H,23,25). The van der Waals surface area contributed by atoms with Crippen molar-refractivity contribution in [3.63, 3.8) is 0 Å². The second kappa shape index (κ2) is 8.37. The molecule has 1 amide bonds. The number of benzene rings is 1. The predicted octanol–water partition coefficient (Wildman–Crippen LogP) is 4.08. The first kappa shape index (κ1) is 19.8. The van der Waals surface area contributed by atoms with E-state index in [4.69, 9.17) is 9.15 Å². The molecule has 1 aliphatic heterocycles. The van der Waals surface area contributed by atoms with Gasteiger partial charge < -0.3 is 19.4 Å². The highest BCUT2D eigenvalue weighted by molar-refractivity contribution is 5.97. The van der Waals surface area contributed by atoms with Crippen molar-refractivity contribution >= 4 is 23.3 Å². The van der Waals surface area contributed by atoms with Gasteiger partial charge in [-0.3, -0.25) is 4.79 Å². The van der Waals surface area contributed by atoms with Gasteiger partial charge in [0.25, 0.3) is 5.91 Å². The molecule has 0 spiro atoms. The second-order valence-electron chi connectivity index (χ2n) is 6.38. The molecule has 0 unspecified atom stereocenters. The Labute approximate surface area is 159 Å². The van der Waals surface area contributed by atoms with E-state index < -0.39 is 30.2 Å². The molecule has 2 aromatic rings. The summed E-state index contributed by atoms with van der Waals surface area (Å²) in [7, 11) is 0. The van der Waals surface area contributed by atoms with E-state index in [0.29, 0.717) is 18.8 Å². The first-order valence-electron chi connectivity index (χ1n) is 8.81. The molecule has 2 heterocycles. The van der Waals surface area contributed by atoms with Crippen LogP contribution in [0, 0.1) is 0 Å². The van der Waals surface area contributed by atoms with Crippen LogP contribution in [0.15, 0.2) is 41.0 Å². The van der Waals surface area contributed by atoms with Crippen LogP contribution in [0.3, 0.4) is 0 Å². The Kier molecular flexibility index (Phi) is 5.91. The van der Waals surface area contributed by atoms with Gasteiger partial charge in [0.15, 0.2) is 6.61 Å². The maximum atomic E-state index is 13.1. The number of rotatable bonds is 5. The van der Waals surface area contributed by atoms with Crippen molar-refractivity contribution in [1.29, 1.82) is 0 Å².